The average molecular weight is 335 g/mol. The van der Waals surface area contributed by atoms with E-state index in [1.807, 2.05) is 0 Å². The number of methoxy groups -OCH3 is 1. The quantitative estimate of drug-likeness (QED) is 0.761. The third kappa shape index (κ3) is 3.90. The molecule has 0 bridgehead atoms. The fourth-order valence-corrected chi connectivity index (χ4v) is 2.78. The minimum absolute atomic E-state index is 0.0433. The molecule has 1 aliphatic heterocycles. The van der Waals surface area contributed by atoms with Crippen molar-refractivity contribution in [2.75, 3.05) is 25.5 Å². The molecule has 0 atom stereocenters. The SMILES string of the molecule is COC(=O)C1CCN(C(=O)Cn2cc(NC(=O)C3CC3)nn2)CC1. The maximum Gasteiger partial charge on any atom is 0.308 e. The molecule has 0 unspecified atom stereocenters. The van der Waals surface area contributed by atoms with Gasteiger partial charge in [-0.3, -0.25) is 14.4 Å². The van der Waals surface area contributed by atoms with Crippen molar-refractivity contribution in [1.29, 1.82) is 0 Å². The van der Waals surface area contributed by atoms with Crippen LogP contribution in [0.5, 0.6) is 0 Å². The second-order valence-electron chi connectivity index (χ2n) is 6.24. The molecule has 1 N–H and O–H groups in total. The molecular weight excluding hydrogens is 314 g/mol. The molecule has 2 amide bonds. The third-order valence-corrected chi connectivity index (χ3v) is 4.42. The van der Waals surface area contributed by atoms with Crippen LogP contribution < -0.4 is 5.32 Å². The van der Waals surface area contributed by atoms with Gasteiger partial charge in [-0.1, -0.05) is 5.21 Å². The molecule has 0 spiro atoms. The maximum atomic E-state index is 12.3. The topological polar surface area (TPSA) is 106 Å². The highest BCUT2D eigenvalue weighted by Gasteiger charge is 2.30. The van der Waals surface area contributed by atoms with Gasteiger partial charge in [0.1, 0.15) is 6.54 Å². The van der Waals surface area contributed by atoms with E-state index >= 15 is 0 Å². The monoisotopic (exact) mass is 335 g/mol. The predicted molar refractivity (Wildman–Crippen MR) is 82.7 cm³/mol. The smallest absolute Gasteiger partial charge is 0.308 e. The van der Waals surface area contributed by atoms with Crippen LogP contribution in [0.3, 0.4) is 0 Å². The van der Waals surface area contributed by atoms with Gasteiger partial charge in [-0.05, 0) is 25.7 Å². The van der Waals surface area contributed by atoms with E-state index in [2.05, 4.69) is 15.6 Å². The van der Waals surface area contributed by atoms with Crippen molar-refractivity contribution in [1.82, 2.24) is 19.9 Å². The van der Waals surface area contributed by atoms with E-state index < -0.39 is 0 Å². The van der Waals surface area contributed by atoms with E-state index in [0.29, 0.717) is 31.7 Å². The van der Waals surface area contributed by atoms with Crippen molar-refractivity contribution < 1.29 is 19.1 Å². The lowest BCUT2D eigenvalue weighted by atomic mass is 9.97. The Hall–Kier alpha value is -2.45. The summed E-state index contributed by atoms with van der Waals surface area (Å²) in [6.45, 7) is 1.12. The van der Waals surface area contributed by atoms with Crippen LogP contribution in [0.4, 0.5) is 5.82 Å². The minimum atomic E-state index is -0.213. The van der Waals surface area contributed by atoms with E-state index in [0.717, 1.165) is 12.8 Å². The molecule has 1 aliphatic carbocycles. The first kappa shape index (κ1) is 16.4. The summed E-state index contributed by atoms with van der Waals surface area (Å²) in [6.07, 6.45) is 4.61. The van der Waals surface area contributed by atoms with Crippen LogP contribution in [0.1, 0.15) is 25.7 Å². The maximum absolute atomic E-state index is 12.3. The number of hydrogen-bond acceptors (Lipinski definition) is 6. The lowest BCUT2D eigenvalue weighted by molar-refractivity contribution is -0.149. The number of ether oxygens (including phenoxy) is 1. The molecule has 24 heavy (non-hydrogen) atoms. The first-order chi connectivity index (χ1) is 11.6. The number of esters is 1. The summed E-state index contributed by atoms with van der Waals surface area (Å²) in [5.74, 6) is -0.0115. The Bertz CT molecular complexity index is 632. The number of likely N-dealkylation sites (tertiary alicyclic amines) is 1. The van der Waals surface area contributed by atoms with E-state index in [-0.39, 0.29) is 36.2 Å². The molecule has 9 heteroatoms. The molecule has 130 valence electrons. The fraction of sp³-hybridized carbons (Fsp3) is 0.667. The first-order valence-electron chi connectivity index (χ1n) is 8.13. The Kier molecular flexibility index (Phi) is 4.77. The van der Waals surface area contributed by atoms with Crippen molar-refractivity contribution in [3.05, 3.63) is 6.20 Å². The number of amides is 2. The van der Waals surface area contributed by atoms with Gasteiger partial charge in [0.2, 0.25) is 11.8 Å². The van der Waals surface area contributed by atoms with Crippen LogP contribution in [0.15, 0.2) is 6.20 Å². The lowest BCUT2D eigenvalue weighted by Gasteiger charge is -2.30. The van der Waals surface area contributed by atoms with Crippen molar-refractivity contribution in [3.8, 4) is 0 Å². The summed E-state index contributed by atoms with van der Waals surface area (Å²) in [6, 6.07) is 0. The molecule has 1 aromatic rings. The molecule has 0 radical (unpaired) electrons. The van der Waals surface area contributed by atoms with Crippen LogP contribution in [0, 0.1) is 11.8 Å². The second kappa shape index (κ2) is 6.98. The Morgan fingerprint density at radius 2 is 1.92 bits per heavy atom. The molecule has 2 fully saturated rings. The van der Waals surface area contributed by atoms with Crippen molar-refractivity contribution in [3.63, 3.8) is 0 Å². The van der Waals surface area contributed by atoms with Gasteiger partial charge < -0.3 is 15.0 Å². The predicted octanol–water partition coefficient (Wildman–Crippen LogP) is 0.0382. The van der Waals surface area contributed by atoms with Crippen LogP contribution >= 0.6 is 0 Å². The number of carbonyl (C=O) groups is 3. The van der Waals surface area contributed by atoms with Crippen molar-refractivity contribution >= 4 is 23.6 Å². The molecule has 1 saturated heterocycles. The normalized spacial score (nSPS) is 18.3. The molecular formula is C15H21N5O4. The van der Waals surface area contributed by atoms with E-state index in [1.54, 1.807) is 11.1 Å². The highest BCUT2D eigenvalue weighted by atomic mass is 16.5. The summed E-state index contributed by atoms with van der Waals surface area (Å²) in [4.78, 5) is 37.2. The first-order valence-corrected chi connectivity index (χ1v) is 8.13. The summed E-state index contributed by atoms with van der Waals surface area (Å²) >= 11 is 0. The van der Waals surface area contributed by atoms with Crippen molar-refractivity contribution in [2.45, 2.75) is 32.2 Å². The fourth-order valence-electron chi connectivity index (χ4n) is 2.78. The largest absolute Gasteiger partial charge is 0.469 e. The number of hydrogen-bond donors (Lipinski definition) is 1. The molecule has 1 saturated carbocycles. The van der Waals surface area contributed by atoms with E-state index in [1.165, 1.54) is 11.8 Å². The zero-order valence-electron chi connectivity index (χ0n) is 13.6. The second-order valence-corrected chi connectivity index (χ2v) is 6.24. The van der Waals surface area contributed by atoms with Gasteiger partial charge >= 0.3 is 5.97 Å². The molecule has 1 aromatic heterocycles. The molecule has 0 aromatic carbocycles. The molecule has 9 nitrogen and oxygen atoms in total. The number of carbonyl (C=O) groups excluding carboxylic acids is 3. The van der Waals surface area contributed by atoms with Gasteiger partial charge in [0, 0.05) is 19.0 Å². The van der Waals surface area contributed by atoms with Gasteiger partial charge in [-0.2, -0.15) is 0 Å². The number of rotatable bonds is 5. The molecule has 2 aliphatic rings. The summed E-state index contributed by atoms with van der Waals surface area (Å²) in [5.41, 5.74) is 0. The lowest BCUT2D eigenvalue weighted by Crippen LogP contribution is -2.42. The van der Waals surface area contributed by atoms with Gasteiger partial charge in [-0.15, -0.1) is 5.10 Å². The molecule has 3 rings (SSSR count). The number of piperidine rings is 1. The van der Waals surface area contributed by atoms with Gasteiger partial charge in [-0.25, -0.2) is 4.68 Å². The van der Waals surface area contributed by atoms with Crippen molar-refractivity contribution in [2.24, 2.45) is 11.8 Å². The number of nitrogens with zero attached hydrogens (tertiary/aromatic N) is 4. The number of nitrogens with one attached hydrogen (secondary N) is 1. The highest BCUT2D eigenvalue weighted by molar-refractivity contribution is 5.93. The van der Waals surface area contributed by atoms with E-state index in [9.17, 15) is 14.4 Å². The Morgan fingerprint density at radius 1 is 1.21 bits per heavy atom. The minimum Gasteiger partial charge on any atom is -0.469 e. The summed E-state index contributed by atoms with van der Waals surface area (Å²) < 4.78 is 6.15. The standard InChI is InChI=1S/C15H21N5O4/c1-24-15(23)11-4-6-19(7-5-11)13(21)9-20-8-12(17-18-20)16-14(22)10-2-3-10/h8,10-11H,2-7,9H2,1H3,(H,16,22). The van der Waals surface area contributed by atoms with Crippen LogP contribution in [-0.4, -0.2) is 57.9 Å². The van der Waals surface area contributed by atoms with E-state index in [4.69, 9.17) is 4.74 Å². The summed E-state index contributed by atoms with van der Waals surface area (Å²) in [7, 11) is 1.38. The Morgan fingerprint density at radius 3 is 2.54 bits per heavy atom. The molecule has 2 heterocycles. The Balaban J connectivity index is 1.47. The highest BCUT2D eigenvalue weighted by Crippen LogP contribution is 2.29. The Labute approximate surface area is 139 Å². The number of aromatic nitrogens is 3. The van der Waals surface area contributed by atoms with Gasteiger partial charge in [0.25, 0.3) is 0 Å². The van der Waals surface area contributed by atoms with Crippen LogP contribution in [0.2, 0.25) is 0 Å². The van der Waals surface area contributed by atoms with Gasteiger partial charge in [0.05, 0.1) is 19.2 Å². The zero-order valence-corrected chi connectivity index (χ0v) is 13.6. The van der Waals surface area contributed by atoms with Crippen LogP contribution in [0.25, 0.3) is 0 Å². The zero-order chi connectivity index (χ0) is 17.1. The third-order valence-electron chi connectivity index (χ3n) is 4.42. The average Bonchev–Trinajstić information content (AvgIpc) is 3.36. The van der Waals surface area contributed by atoms with Gasteiger partial charge in [0.15, 0.2) is 5.82 Å². The number of anilines is 1. The van der Waals surface area contributed by atoms with Crippen LogP contribution in [-0.2, 0) is 25.7 Å². The summed E-state index contributed by atoms with van der Waals surface area (Å²) in [5, 5.41) is 10.4.